The van der Waals surface area contributed by atoms with Crippen molar-refractivity contribution in [1.29, 1.82) is 0 Å². The van der Waals surface area contributed by atoms with Crippen LogP contribution >= 0.6 is 11.8 Å². The molecule has 120 valence electrons. The number of amides is 1. The predicted octanol–water partition coefficient (Wildman–Crippen LogP) is 4.74. The molecule has 0 aliphatic carbocycles. The Labute approximate surface area is 144 Å². The van der Waals surface area contributed by atoms with E-state index in [9.17, 15) is 4.79 Å². The number of carbonyl (C=O) groups is 1. The van der Waals surface area contributed by atoms with Crippen molar-refractivity contribution in [3.8, 4) is 11.3 Å². The van der Waals surface area contributed by atoms with Crippen molar-refractivity contribution in [3.63, 3.8) is 0 Å². The van der Waals surface area contributed by atoms with Crippen LogP contribution in [0.1, 0.15) is 12.0 Å². The highest BCUT2D eigenvalue weighted by Crippen LogP contribution is 2.31. The maximum atomic E-state index is 12.7. The van der Waals surface area contributed by atoms with Gasteiger partial charge in [-0.05, 0) is 30.0 Å². The first-order valence-corrected chi connectivity index (χ1v) is 8.80. The van der Waals surface area contributed by atoms with Crippen LogP contribution in [0.2, 0.25) is 0 Å². The van der Waals surface area contributed by atoms with Crippen LogP contribution in [-0.2, 0) is 6.42 Å². The normalized spacial score (nSPS) is 13.6. The predicted molar refractivity (Wildman–Crippen MR) is 97.4 cm³/mol. The molecule has 0 bridgehead atoms. The van der Waals surface area contributed by atoms with E-state index in [-0.39, 0.29) is 5.24 Å². The highest BCUT2D eigenvalue weighted by Gasteiger charge is 2.23. The standard InChI is InChI=1S/C19H17N3OS/c23-19(22-12-6-10-15-9-4-5-11-17(15)22)24-18-20-13-16(21-18)14-7-2-1-3-8-14/h1-5,7-9,11,13H,6,10,12H2,(H,20,21). The molecule has 1 N–H and O–H groups in total. The number of thioether (sulfide) groups is 1. The summed E-state index contributed by atoms with van der Waals surface area (Å²) in [7, 11) is 0. The number of aryl methyl sites for hydroxylation is 1. The van der Waals surface area contributed by atoms with Gasteiger partial charge >= 0.3 is 0 Å². The number of anilines is 1. The fraction of sp³-hybridized carbons (Fsp3) is 0.158. The minimum absolute atomic E-state index is 0.0103. The lowest BCUT2D eigenvalue weighted by Gasteiger charge is -2.28. The summed E-state index contributed by atoms with van der Waals surface area (Å²) in [6.45, 7) is 0.759. The number of fused-ring (bicyclic) bond motifs is 1. The fourth-order valence-electron chi connectivity index (χ4n) is 2.98. The van der Waals surface area contributed by atoms with Gasteiger partial charge in [-0.25, -0.2) is 4.98 Å². The second kappa shape index (κ2) is 6.53. The van der Waals surface area contributed by atoms with E-state index in [0.717, 1.165) is 48.1 Å². The average Bonchev–Trinajstić information content (AvgIpc) is 3.10. The third-order valence-corrected chi connectivity index (χ3v) is 4.95. The van der Waals surface area contributed by atoms with Gasteiger partial charge in [0.05, 0.1) is 11.9 Å². The number of benzene rings is 2. The lowest BCUT2D eigenvalue weighted by molar-refractivity contribution is 0.264. The molecule has 1 aliphatic rings. The van der Waals surface area contributed by atoms with Crippen molar-refractivity contribution in [2.75, 3.05) is 11.4 Å². The fourth-order valence-corrected chi connectivity index (χ4v) is 3.71. The van der Waals surface area contributed by atoms with E-state index in [2.05, 4.69) is 16.0 Å². The lowest BCUT2D eigenvalue weighted by Crippen LogP contribution is -2.32. The molecule has 0 unspecified atom stereocenters. The Bertz CT molecular complexity index is 860. The number of H-pyrrole nitrogens is 1. The maximum absolute atomic E-state index is 12.7. The van der Waals surface area contributed by atoms with Crippen LogP contribution in [0.15, 0.2) is 66.0 Å². The van der Waals surface area contributed by atoms with Gasteiger partial charge in [0.15, 0.2) is 5.16 Å². The Morgan fingerprint density at radius 1 is 1.08 bits per heavy atom. The zero-order valence-corrected chi connectivity index (χ0v) is 13.9. The second-order valence-corrected chi connectivity index (χ2v) is 6.66. The molecular formula is C19H17N3OS. The topological polar surface area (TPSA) is 49.0 Å². The molecule has 0 radical (unpaired) electrons. The first-order valence-electron chi connectivity index (χ1n) is 7.99. The van der Waals surface area contributed by atoms with Crippen molar-refractivity contribution < 1.29 is 4.79 Å². The van der Waals surface area contributed by atoms with Crippen LogP contribution in [0.3, 0.4) is 0 Å². The number of aromatic nitrogens is 2. The van der Waals surface area contributed by atoms with Gasteiger partial charge < -0.3 is 9.88 Å². The Kier molecular flexibility index (Phi) is 4.09. The van der Waals surface area contributed by atoms with Crippen molar-refractivity contribution >= 4 is 22.7 Å². The zero-order valence-electron chi connectivity index (χ0n) is 13.1. The zero-order chi connectivity index (χ0) is 16.4. The third-order valence-electron chi connectivity index (χ3n) is 4.15. The smallest absolute Gasteiger partial charge is 0.293 e. The van der Waals surface area contributed by atoms with Crippen LogP contribution in [0.5, 0.6) is 0 Å². The van der Waals surface area contributed by atoms with Crippen molar-refractivity contribution in [2.24, 2.45) is 0 Å². The van der Waals surface area contributed by atoms with Crippen LogP contribution in [0.4, 0.5) is 10.5 Å². The quantitative estimate of drug-likeness (QED) is 0.688. The summed E-state index contributed by atoms with van der Waals surface area (Å²) in [6, 6.07) is 18.1. The van der Waals surface area contributed by atoms with E-state index in [4.69, 9.17) is 0 Å². The molecule has 1 aliphatic heterocycles. The van der Waals surface area contributed by atoms with E-state index in [1.165, 1.54) is 5.56 Å². The molecule has 0 fully saturated rings. The van der Waals surface area contributed by atoms with Gasteiger partial charge in [-0.1, -0.05) is 48.5 Å². The molecule has 1 amide bonds. The van der Waals surface area contributed by atoms with E-state index in [1.807, 2.05) is 53.4 Å². The molecule has 4 rings (SSSR count). The first-order chi connectivity index (χ1) is 11.8. The van der Waals surface area contributed by atoms with Crippen LogP contribution in [-0.4, -0.2) is 21.8 Å². The van der Waals surface area contributed by atoms with E-state index in [1.54, 1.807) is 6.20 Å². The summed E-state index contributed by atoms with van der Waals surface area (Å²) in [5.74, 6) is 0. The first kappa shape index (κ1) is 15.0. The Hall–Kier alpha value is -2.53. The van der Waals surface area contributed by atoms with Gasteiger partial charge in [-0.2, -0.15) is 0 Å². The maximum Gasteiger partial charge on any atom is 0.293 e. The lowest BCUT2D eigenvalue weighted by atomic mass is 10.0. The van der Waals surface area contributed by atoms with Gasteiger partial charge in [-0.3, -0.25) is 4.79 Å². The van der Waals surface area contributed by atoms with E-state index < -0.39 is 0 Å². The molecular weight excluding hydrogens is 318 g/mol. The number of hydrogen-bond acceptors (Lipinski definition) is 3. The molecule has 4 nitrogen and oxygen atoms in total. The summed E-state index contributed by atoms with van der Waals surface area (Å²) in [4.78, 5) is 22.1. The minimum atomic E-state index is 0.0103. The highest BCUT2D eigenvalue weighted by molar-refractivity contribution is 8.13. The summed E-state index contributed by atoms with van der Waals surface area (Å²) in [6.07, 6.45) is 3.80. The van der Waals surface area contributed by atoms with Crippen LogP contribution < -0.4 is 4.90 Å². The Balaban J connectivity index is 1.53. The monoisotopic (exact) mass is 335 g/mol. The Morgan fingerprint density at radius 2 is 1.88 bits per heavy atom. The van der Waals surface area contributed by atoms with Crippen molar-refractivity contribution in [1.82, 2.24) is 9.97 Å². The van der Waals surface area contributed by atoms with E-state index in [0.29, 0.717) is 5.16 Å². The summed E-state index contributed by atoms with van der Waals surface area (Å²) < 4.78 is 0. The molecule has 5 heteroatoms. The number of nitrogens with zero attached hydrogens (tertiary/aromatic N) is 2. The van der Waals surface area contributed by atoms with Gasteiger partial charge in [-0.15, -0.1) is 0 Å². The largest absolute Gasteiger partial charge is 0.333 e. The number of hydrogen-bond donors (Lipinski definition) is 1. The molecule has 2 heterocycles. The molecule has 0 saturated heterocycles. The van der Waals surface area contributed by atoms with Gasteiger partial charge in [0.2, 0.25) is 0 Å². The molecule has 1 aromatic heterocycles. The van der Waals surface area contributed by atoms with Gasteiger partial charge in [0.25, 0.3) is 5.24 Å². The Morgan fingerprint density at radius 3 is 2.75 bits per heavy atom. The number of rotatable bonds is 2. The number of aromatic amines is 1. The summed E-state index contributed by atoms with van der Waals surface area (Å²) in [5, 5.41) is 0.637. The summed E-state index contributed by atoms with van der Waals surface area (Å²) >= 11 is 1.15. The number of nitrogens with one attached hydrogen (secondary N) is 1. The van der Waals surface area contributed by atoms with Crippen LogP contribution in [0, 0.1) is 0 Å². The molecule has 0 spiro atoms. The molecule has 0 atom stereocenters. The average molecular weight is 335 g/mol. The minimum Gasteiger partial charge on any atom is -0.333 e. The highest BCUT2D eigenvalue weighted by atomic mass is 32.2. The number of carbonyl (C=O) groups excluding carboxylic acids is 1. The SMILES string of the molecule is O=C(Sc1ncc(-c2ccccc2)[nH]1)N1CCCc2ccccc21. The van der Waals surface area contributed by atoms with Gasteiger partial charge in [0.1, 0.15) is 0 Å². The molecule has 24 heavy (non-hydrogen) atoms. The molecule has 0 saturated carbocycles. The number of para-hydroxylation sites is 1. The van der Waals surface area contributed by atoms with Crippen molar-refractivity contribution in [3.05, 3.63) is 66.4 Å². The van der Waals surface area contributed by atoms with Gasteiger partial charge in [0, 0.05) is 24.0 Å². The van der Waals surface area contributed by atoms with Crippen molar-refractivity contribution in [2.45, 2.75) is 18.0 Å². The number of imidazole rings is 1. The third kappa shape index (κ3) is 2.95. The van der Waals surface area contributed by atoms with E-state index >= 15 is 0 Å². The summed E-state index contributed by atoms with van der Waals surface area (Å²) in [5.41, 5.74) is 4.25. The molecule has 3 aromatic rings. The second-order valence-electron chi connectivity index (χ2n) is 5.72. The van der Waals surface area contributed by atoms with Crippen LogP contribution in [0.25, 0.3) is 11.3 Å². The molecule has 2 aromatic carbocycles.